The van der Waals surface area contributed by atoms with Crippen LogP contribution in [0.4, 0.5) is 19.1 Å². The lowest BCUT2D eigenvalue weighted by Crippen LogP contribution is -2.25. The monoisotopic (exact) mass is 540 g/mol. The Morgan fingerprint density at radius 2 is 1.85 bits per heavy atom. The molecule has 3 aromatic heterocycles. The molecule has 4 rings (SSSR count). The topological polar surface area (TPSA) is 129 Å². The van der Waals surface area contributed by atoms with E-state index in [1.54, 1.807) is 43.8 Å². The largest absolute Gasteiger partial charge is 0.481 e. The summed E-state index contributed by atoms with van der Waals surface area (Å²) >= 11 is 0. The molecule has 0 unspecified atom stereocenters. The van der Waals surface area contributed by atoms with Crippen molar-refractivity contribution in [1.29, 1.82) is 0 Å². The first-order valence-electron chi connectivity index (χ1n) is 12.0. The second-order valence-corrected chi connectivity index (χ2v) is 9.60. The van der Waals surface area contributed by atoms with Gasteiger partial charge in [-0.1, -0.05) is 0 Å². The van der Waals surface area contributed by atoms with Crippen LogP contribution in [-0.2, 0) is 17.9 Å². The number of hydrogen-bond acceptors (Lipinski definition) is 7. The molecule has 0 aliphatic rings. The zero-order chi connectivity index (χ0) is 28.3. The number of aliphatic carboxylic acids is 1. The van der Waals surface area contributed by atoms with Gasteiger partial charge in [-0.2, -0.15) is 4.98 Å². The van der Waals surface area contributed by atoms with Crippen molar-refractivity contribution in [2.75, 3.05) is 5.73 Å². The number of rotatable bonds is 10. The normalized spacial score (nSPS) is 11.7. The smallest absolute Gasteiger partial charge is 0.309 e. The molecular weight excluding hydrogens is 513 g/mol. The number of imidazole rings is 1. The van der Waals surface area contributed by atoms with Crippen LogP contribution in [0.25, 0.3) is 22.4 Å². The molecule has 3 heterocycles. The summed E-state index contributed by atoms with van der Waals surface area (Å²) in [6, 6.07) is 8.29. The molecule has 204 valence electrons. The van der Waals surface area contributed by atoms with Crippen molar-refractivity contribution >= 4 is 11.9 Å². The minimum atomic E-state index is -2.82. The van der Waals surface area contributed by atoms with Gasteiger partial charge in [-0.3, -0.25) is 9.78 Å². The minimum Gasteiger partial charge on any atom is -0.481 e. The molecule has 3 N–H and O–H groups in total. The van der Waals surface area contributed by atoms with Crippen LogP contribution in [0, 0.1) is 18.2 Å². The van der Waals surface area contributed by atoms with Gasteiger partial charge in [-0.05, 0) is 69.2 Å². The van der Waals surface area contributed by atoms with E-state index in [0.29, 0.717) is 35.6 Å². The number of carboxylic acid groups (broad SMARTS) is 1. The van der Waals surface area contributed by atoms with Gasteiger partial charge in [0.05, 0.1) is 16.7 Å². The highest BCUT2D eigenvalue weighted by molar-refractivity contribution is 5.85. The molecule has 1 aromatic carbocycles. The summed E-state index contributed by atoms with van der Waals surface area (Å²) in [6.45, 7) is 5.15. The van der Waals surface area contributed by atoms with E-state index >= 15 is 0 Å². The number of anilines is 1. The van der Waals surface area contributed by atoms with E-state index in [1.165, 1.54) is 30.3 Å². The Kier molecular flexibility index (Phi) is 7.84. The molecule has 12 heteroatoms. The summed E-state index contributed by atoms with van der Waals surface area (Å²) in [7, 11) is 0. The van der Waals surface area contributed by atoms with E-state index in [-0.39, 0.29) is 29.7 Å². The minimum absolute atomic E-state index is 0.00746. The average molecular weight is 541 g/mol. The number of aromatic nitrogens is 5. The number of carboxylic acids is 1. The first-order chi connectivity index (χ1) is 18.4. The lowest BCUT2D eigenvalue weighted by atomic mass is 9.90. The van der Waals surface area contributed by atoms with Crippen molar-refractivity contribution in [3.05, 3.63) is 71.8 Å². The predicted octanol–water partition coefficient (Wildman–Crippen LogP) is 5.45. The van der Waals surface area contributed by atoms with Crippen LogP contribution in [0.1, 0.15) is 43.9 Å². The summed E-state index contributed by atoms with van der Waals surface area (Å²) in [4.78, 5) is 28.3. The summed E-state index contributed by atoms with van der Waals surface area (Å²) in [5.74, 6) is -1.02. The molecule has 0 aliphatic heterocycles. The van der Waals surface area contributed by atoms with Crippen molar-refractivity contribution in [2.45, 2.75) is 46.8 Å². The van der Waals surface area contributed by atoms with Crippen molar-refractivity contribution < 1.29 is 27.8 Å². The fourth-order valence-electron chi connectivity index (χ4n) is 3.91. The van der Waals surface area contributed by atoms with Crippen molar-refractivity contribution in [2.24, 2.45) is 5.41 Å². The van der Waals surface area contributed by atoms with Gasteiger partial charge < -0.3 is 20.1 Å². The van der Waals surface area contributed by atoms with Gasteiger partial charge in [-0.15, -0.1) is 0 Å². The summed E-state index contributed by atoms with van der Waals surface area (Å²) < 4.78 is 48.7. The van der Waals surface area contributed by atoms with E-state index in [9.17, 15) is 23.1 Å². The Morgan fingerprint density at radius 1 is 1.13 bits per heavy atom. The lowest BCUT2D eigenvalue weighted by Gasteiger charge is -2.20. The third-order valence-electron chi connectivity index (χ3n) is 6.19. The summed E-state index contributed by atoms with van der Waals surface area (Å²) in [6.07, 6.45) is 0.794. The molecule has 0 bridgehead atoms. The Bertz CT molecular complexity index is 1490. The number of hydrogen-bond donors (Lipinski definition) is 2. The Morgan fingerprint density at radius 3 is 2.51 bits per heavy atom. The molecule has 0 radical (unpaired) electrons. The molecule has 0 aliphatic carbocycles. The molecule has 0 saturated carbocycles. The third-order valence-corrected chi connectivity index (χ3v) is 6.19. The highest BCUT2D eigenvalue weighted by Crippen LogP contribution is 2.39. The molecule has 9 nitrogen and oxygen atoms in total. The second-order valence-electron chi connectivity index (χ2n) is 9.60. The van der Waals surface area contributed by atoms with Gasteiger partial charge in [0.25, 0.3) is 6.43 Å². The second kappa shape index (κ2) is 11.1. The predicted molar refractivity (Wildman–Crippen MR) is 137 cm³/mol. The molecule has 0 amide bonds. The number of ether oxygens (including phenoxy) is 1. The molecule has 0 saturated heterocycles. The van der Waals surface area contributed by atoms with Crippen molar-refractivity contribution in [3.8, 4) is 28.3 Å². The van der Waals surface area contributed by atoms with Gasteiger partial charge in [0, 0.05) is 30.2 Å². The van der Waals surface area contributed by atoms with Crippen molar-refractivity contribution in [1.82, 2.24) is 24.5 Å². The van der Waals surface area contributed by atoms with Gasteiger partial charge in [0.1, 0.15) is 23.9 Å². The van der Waals surface area contributed by atoms with E-state index < -0.39 is 29.3 Å². The van der Waals surface area contributed by atoms with E-state index in [2.05, 4.69) is 19.9 Å². The Hall–Kier alpha value is -4.48. The third kappa shape index (κ3) is 6.33. The fourth-order valence-corrected chi connectivity index (χ4v) is 3.91. The number of halogens is 3. The number of alkyl halides is 2. The number of pyridine rings is 1. The van der Waals surface area contributed by atoms with Gasteiger partial charge in [0.2, 0.25) is 11.8 Å². The van der Waals surface area contributed by atoms with Gasteiger partial charge in [0.15, 0.2) is 0 Å². The first kappa shape index (κ1) is 27.6. The first-order valence-corrected chi connectivity index (χ1v) is 12.0. The maximum absolute atomic E-state index is 13.7. The highest BCUT2D eigenvalue weighted by atomic mass is 19.3. The number of nitrogens with two attached hydrogens (primary N) is 1. The number of nitrogens with zero attached hydrogens (tertiary/aromatic N) is 5. The van der Waals surface area contributed by atoms with Gasteiger partial charge in [-0.25, -0.2) is 23.1 Å². The summed E-state index contributed by atoms with van der Waals surface area (Å²) in [5, 5.41) is 9.42. The number of benzene rings is 1. The Balaban J connectivity index is 1.76. The van der Waals surface area contributed by atoms with E-state index in [0.717, 1.165) is 0 Å². The van der Waals surface area contributed by atoms with Crippen LogP contribution in [0.2, 0.25) is 0 Å². The standard InChI is InChI=1S/C27H27F3N6O3/c1-15-12-17(13-19(33-15)23(29)30)21-22(16-4-6-18(28)7-5-16)34-26(31)35-24(21)39-14-20-32-9-11-36(20)10-8-27(2,3)25(37)38/h4-7,9,11-13,23H,8,10,14H2,1-3H3,(H,37,38)(H2,31,34,35). The molecular formula is C27H27F3N6O3. The van der Waals surface area contributed by atoms with Crippen LogP contribution in [0.3, 0.4) is 0 Å². The maximum atomic E-state index is 13.7. The molecule has 0 fully saturated rings. The fraction of sp³-hybridized carbons (Fsp3) is 0.296. The molecule has 39 heavy (non-hydrogen) atoms. The number of nitrogen functional groups attached to an aromatic ring is 1. The van der Waals surface area contributed by atoms with E-state index in [1.807, 2.05) is 0 Å². The lowest BCUT2D eigenvalue weighted by molar-refractivity contribution is -0.147. The quantitative estimate of drug-likeness (QED) is 0.272. The van der Waals surface area contributed by atoms with Crippen LogP contribution < -0.4 is 10.5 Å². The molecule has 0 spiro atoms. The summed E-state index contributed by atoms with van der Waals surface area (Å²) in [5.41, 5.74) is 6.28. The zero-order valence-electron chi connectivity index (χ0n) is 21.5. The van der Waals surface area contributed by atoms with Crippen molar-refractivity contribution in [3.63, 3.8) is 0 Å². The van der Waals surface area contributed by atoms with Gasteiger partial charge >= 0.3 is 5.97 Å². The average Bonchev–Trinajstić information content (AvgIpc) is 3.33. The SMILES string of the molecule is Cc1cc(-c2c(OCc3nccn3CCC(C)(C)C(=O)O)nc(N)nc2-c2ccc(F)cc2)cc(C(F)F)n1. The molecule has 0 atom stereocenters. The Labute approximate surface area is 222 Å². The zero-order valence-corrected chi connectivity index (χ0v) is 21.5. The highest BCUT2D eigenvalue weighted by Gasteiger charge is 2.27. The molecule has 4 aromatic rings. The van der Waals surface area contributed by atoms with Crippen LogP contribution >= 0.6 is 0 Å². The maximum Gasteiger partial charge on any atom is 0.309 e. The van der Waals surface area contributed by atoms with Crippen LogP contribution in [0.5, 0.6) is 5.88 Å². The van der Waals surface area contributed by atoms with Crippen LogP contribution in [-0.4, -0.2) is 35.6 Å². The number of aryl methyl sites for hydroxylation is 2. The van der Waals surface area contributed by atoms with Crippen LogP contribution in [0.15, 0.2) is 48.8 Å². The van der Waals surface area contributed by atoms with E-state index in [4.69, 9.17) is 10.5 Å². The number of carbonyl (C=O) groups is 1.